The van der Waals surface area contributed by atoms with E-state index in [2.05, 4.69) is 25.9 Å². The summed E-state index contributed by atoms with van der Waals surface area (Å²) in [5, 5.41) is 0. The van der Waals surface area contributed by atoms with Crippen LogP contribution in [-0.4, -0.2) is 9.97 Å². The second-order valence-corrected chi connectivity index (χ2v) is 3.93. The predicted molar refractivity (Wildman–Crippen MR) is 56.4 cm³/mol. The Morgan fingerprint density at radius 2 is 2.07 bits per heavy atom. The number of aromatic amines is 1. The molecule has 0 saturated carbocycles. The number of aromatic nitrogens is 2. The Morgan fingerprint density at radius 3 is 2.67 bits per heavy atom. The van der Waals surface area contributed by atoms with Crippen molar-refractivity contribution in [2.75, 3.05) is 0 Å². The minimum Gasteiger partial charge on any atom is -0.342 e. The van der Waals surface area contributed by atoms with E-state index in [1.54, 1.807) is 6.20 Å². The van der Waals surface area contributed by atoms with E-state index in [0.29, 0.717) is 11.4 Å². The van der Waals surface area contributed by atoms with Gasteiger partial charge in [0.05, 0.1) is 4.47 Å². The lowest BCUT2D eigenvalue weighted by Gasteiger charge is -2.02. The molecular weight excluding hydrogens is 266 g/mol. The number of nitrogens with zero attached hydrogens (tertiary/aromatic N) is 1. The maximum atomic E-state index is 13.2. The summed E-state index contributed by atoms with van der Waals surface area (Å²) in [6, 6.07) is 2.55. The molecule has 2 aromatic rings. The second-order valence-electron chi connectivity index (χ2n) is 3.14. The van der Waals surface area contributed by atoms with E-state index in [4.69, 9.17) is 0 Å². The summed E-state index contributed by atoms with van der Waals surface area (Å²) in [5.41, 5.74) is 1.36. The average molecular weight is 273 g/mol. The Kier molecular flexibility index (Phi) is 2.56. The van der Waals surface area contributed by atoms with Gasteiger partial charge in [-0.05, 0) is 35.0 Å². The van der Waals surface area contributed by atoms with E-state index < -0.39 is 11.6 Å². The van der Waals surface area contributed by atoms with Crippen LogP contribution in [0.15, 0.2) is 22.8 Å². The Morgan fingerprint density at radius 1 is 1.33 bits per heavy atom. The van der Waals surface area contributed by atoms with E-state index in [9.17, 15) is 8.78 Å². The molecule has 5 heteroatoms. The minimum atomic E-state index is -0.901. The maximum Gasteiger partial charge on any atom is 0.173 e. The number of rotatable bonds is 1. The summed E-state index contributed by atoms with van der Waals surface area (Å²) in [4.78, 5) is 6.99. The summed E-state index contributed by atoms with van der Waals surface area (Å²) in [6.45, 7) is 1.84. The third-order valence-electron chi connectivity index (χ3n) is 1.99. The summed E-state index contributed by atoms with van der Waals surface area (Å²) in [5.74, 6) is -1.27. The molecule has 0 aliphatic rings. The topological polar surface area (TPSA) is 28.7 Å². The Labute approximate surface area is 93.5 Å². The van der Waals surface area contributed by atoms with Crippen LogP contribution in [0.4, 0.5) is 8.78 Å². The van der Waals surface area contributed by atoms with Gasteiger partial charge in [-0.25, -0.2) is 13.8 Å². The zero-order valence-electron chi connectivity index (χ0n) is 7.81. The summed E-state index contributed by atoms with van der Waals surface area (Å²) in [7, 11) is 0. The SMILES string of the molecule is Cc1cnc(-c2ccc(F)c(F)c2Br)[nH]1. The van der Waals surface area contributed by atoms with Crippen LogP contribution in [0, 0.1) is 18.6 Å². The summed E-state index contributed by atoms with van der Waals surface area (Å²) < 4.78 is 26.1. The van der Waals surface area contributed by atoms with Crippen LogP contribution in [0.25, 0.3) is 11.4 Å². The molecule has 1 heterocycles. The first-order valence-electron chi connectivity index (χ1n) is 4.25. The Balaban J connectivity index is 2.59. The molecule has 15 heavy (non-hydrogen) atoms. The summed E-state index contributed by atoms with van der Waals surface area (Å²) in [6.07, 6.45) is 1.63. The van der Waals surface area contributed by atoms with Crippen LogP contribution >= 0.6 is 15.9 Å². The van der Waals surface area contributed by atoms with Gasteiger partial charge in [-0.3, -0.25) is 0 Å². The van der Waals surface area contributed by atoms with Crippen molar-refractivity contribution in [2.24, 2.45) is 0 Å². The van der Waals surface area contributed by atoms with E-state index in [0.717, 1.165) is 11.8 Å². The van der Waals surface area contributed by atoms with Gasteiger partial charge in [0, 0.05) is 17.5 Å². The first kappa shape index (κ1) is 10.3. The first-order chi connectivity index (χ1) is 7.09. The molecule has 2 nitrogen and oxygen atoms in total. The molecule has 0 aliphatic carbocycles. The number of H-pyrrole nitrogens is 1. The van der Waals surface area contributed by atoms with Crippen LogP contribution in [-0.2, 0) is 0 Å². The number of hydrogen-bond donors (Lipinski definition) is 1. The third-order valence-corrected chi connectivity index (χ3v) is 2.77. The highest BCUT2D eigenvalue weighted by molar-refractivity contribution is 9.10. The van der Waals surface area contributed by atoms with Crippen molar-refractivity contribution in [1.82, 2.24) is 9.97 Å². The smallest absolute Gasteiger partial charge is 0.173 e. The number of halogens is 3. The van der Waals surface area contributed by atoms with E-state index in [1.165, 1.54) is 6.07 Å². The Bertz CT molecular complexity index is 508. The highest BCUT2D eigenvalue weighted by Crippen LogP contribution is 2.29. The number of hydrogen-bond acceptors (Lipinski definition) is 1. The monoisotopic (exact) mass is 272 g/mol. The minimum absolute atomic E-state index is 0.0804. The van der Waals surface area contributed by atoms with Crippen molar-refractivity contribution < 1.29 is 8.78 Å². The largest absolute Gasteiger partial charge is 0.342 e. The fourth-order valence-electron chi connectivity index (χ4n) is 1.26. The zero-order valence-corrected chi connectivity index (χ0v) is 9.40. The van der Waals surface area contributed by atoms with Crippen molar-refractivity contribution in [3.05, 3.63) is 40.1 Å². The third kappa shape index (κ3) is 1.79. The van der Waals surface area contributed by atoms with Gasteiger partial charge >= 0.3 is 0 Å². The standard InChI is InChI=1S/C10H7BrF2N2/c1-5-4-14-10(15-5)6-2-3-7(12)9(13)8(6)11/h2-4H,1H3,(H,14,15). The van der Waals surface area contributed by atoms with Crippen molar-refractivity contribution in [3.63, 3.8) is 0 Å². The first-order valence-corrected chi connectivity index (χ1v) is 5.04. The molecule has 0 radical (unpaired) electrons. The molecule has 0 fully saturated rings. The van der Waals surface area contributed by atoms with Crippen molar-refractivity contribution in [1.29, 1.82) is 0 Å². The number of benzene rings is 1. The molecule has 1 N–H and O–H groups in total. The summed E-state index contributed by atoms with van der Waals surface area (Å²) >= 11 is 3.00. The van der Waals surface area contributed by atoms with Crippen LogP contribution in [0.1, 0.15) is 5.69 Å². The quantitative estimate of drug-likeness (QED) is 0.792. The molecule has 0 aliphatic heterocycles. The molecule has 0 bridgehead atoms. The molecule has 0 atom stereocenters. The van der Waals surface area contributed by atoms with Gasteiger partial charge in [-0.2, -0.15) is 0 Å². The predicted octanol–water partition coefficient (Wildman–Crippen LogP) is 3.43. The molecule has 0 amide bonds. The van der Waals surface area contributed by atoms with Gasteiger partial charge in [0.1, 0.15) is 5.82 Å². The fraction of sp³-hybridized carbons (Fsp3) is 0.100. The van der Waals surface area contributed by atoms with Crippen molar-refractivity contribution in [3.8, 4) is 11.4 Å². The molecule has 0 spiro atoms. The zero-order chi connectivity index (χ0) is 11.0. The van der Waals surface area contributed by atoms with Crippen molar-refractivity contribution in [2.45, 2.75) is 6.92 Å². The highest BCUT2D eigenvalue weighted by atomic mass is 79.9. The number of aryl methyl sites for hydroxylation is 1. The van der Waals surface area contributed by atoms with Gasteiger partial charge in [0.15, 0.2) is 11.6 Å². The van der Waals surface area contributed by atoms with E-state index >= 15 is 0 Å². The van der Waals surface area contributed by atoms with Crippen LogP contribution < -0.4 is 0 Å². The maximum absolute atomic E-state index is 13.2. The van der Waals surface area contributed by atoms with Gasteiger partial charge in [0.25, 0.3) is 0 Å². The van der Waals surface area contributed by atoms with E-state index in [-0.39, 0.29) is 4.47 Å². The lowest BCUT2D eigenvalue weighted by molar-refractivity contribution is 0.504. The van der Waals surface area contributed by atoms with Gasteiger partial charge in [-0.15, -0.1) is 0 Å². The lowest BCUT2D eigenvalue weighted by atomic mass is 10.2. The molecule has 0 unspecified atom stereocenters. The van der Waals surface area contributed by atoms with Crippen LogP contribution in [0.2, 0.25) is 0 Å². The van der Waals surface area contributed by atoms with Crippen LogP contribution in [0.5, 0.6) is 0 Å². The van der Waals surface area contributed by atoms with Gasteiger partial charge < -0.3 is 4.98 Å². The van der Waals surface area contributed by atoms with E-state index in [1.807, 2.05) is 6.92 Å². The number of imidazole rings is 1. The molecule has 78 valence electrons. The Hall–Kier alpha value is -1.23. The normalized spacial score (nSPS) is 10.7. The average Bonchev–Trinajstić information content (AvgIpc) is 2.61. The van der Waals surface area contributed by atoms with Crippen LogP contribution in [0.3, 0.4) is 0 Å². The highest BCUT2D eigenvalue weighted by Gasteiger charge is 2.13. The molecule has 0 saturated heterocycles. The molecule has 2 rings (SSSR count). The fourth-order valence-corrected chi connectivity index (χ4v) is 1.77. The lowest BCUT2D eigenvalue weighted by Crippen LogP contribution is -1.90. The molecular formula is C10H7BrF2N2. The van der Waals surface area contributed by atoms with Gasteiger partial charge in [0.2, 0.25) is 0 Å². The molecule has 1 aromatic heterocycles. The van der Waals surface area contributed by atoms with Gasteiger partial charge in [-0.1, -0.05) is 0 Å². The molecule has 1 aromatic carbocycles. The van der Waals surface area contributed by atoms with Crippen molar-refractivity contribution >= 4 is 15.9 Å². The second kappa shape index (κ2) is 3.73. The number of nitrogens with one attached hydrogen (secondary N) is 1.